The second kappa shape index (κ2) is 5.52. The Labute approximate surface area is 101 Å². The van der Waals surface area contributed by atoms with Crippen LogP contribution in [-0.4, -0.2) is 0 Å². The molecule has 0 spiro atoms. The van der Waals surface area contributed by atoms with Gasteiger partial charge in [0.2, 0.25) is 0 Å². The first kappa shape index (κ1) is 13.3. The minimum Gasteiger partial charge on any atom is -0.0654 e. The molecule has 0 saturated heterocycles. The fraction of sp³-hybridized carbons (Fsp3) is 0.625. The lowest BCUT2D eigenvalue weighted by Crippen LogP contribution is -2.17. The minimum atomic E-state index is 0.327. The van der Waals surface area contributed by atoms with Crippen LogP contribution < -0.4 is 0 Å². The Bertz CT molecular complexity index is 334. The SMILES string of the molecule is CCCCCC(C)(C)c1ccc(C)c(C)c1. The molecule has 0 atom stereocenters. The Morgan fingerprint density at radius 1 is 1.00 bits per heavy atom. The van der Waals surface area contributed by atoms with Gasteiger partial charge in [0, 0.05) is 0 Å². The number of benzene rings is 1. The molecule has 0 N–H and O–H groups in total. The third-order valence-corrected chi connectivity index (χ3v) is 3.69. The summed E-state index contributed by atoms with van der Waals surface area (Å²) in [5.74, 6) is 0. The second-order valence-electron chi connectivity index (χ2n) is 5.64. The van der Waals surface area contributed by atoms with E-state index in [0.29, 0.717) is 5.41 Å². The molecule has 1 aromatic carbocycles. The van der Waals surface area contributed by atoms with E-state index < -0.39 is 0 Å². The second-order valence-corrected chi connectivity index (χ2v) is 5.64. The number of hydrogen-bond acceptors (Lipinski definition) is 0. The van der Waals surface area contributed by atoms with Crippen LogP contribution in [0.2, 0.25) is 0 Å². The maximum atomic E-state index is 2.37. The van der Waals surface area contributed by atoms with Gasteiger partial charge in [-0.15, -0.1) is 0 Å². The number of unbranched alkanes of at least 4 members (excludes halogenated alkanes) is 2. The first-order valence-corrected chi connectivity index (χ1v) is 6.55. The van der Waals surface area contributed by atoms with Crippen LogP contribution in [0.15, 0.2) is 18.2 Å². The summed E-state index contributed by atoms with van der Waals surface area (Å²) in [6.45, 7) is 11.4. The predicted molar refractivity (Wildman–Crippen MR) is 73.1 cm³/mol. The van der Waals surface area contributed by atoms with E-state index in [4.69, 9.17) is 0 Å². The van der Waals surface area contributed by atoms with Crippen LogP contribution in [0.1, 0.15) is 63.1 Å². The summed E-state index contributed by atoms with van der Waals surface area (Å²) >= 11 is 0. The summed E-state index contributed by atoms with van der Waals surface area (Å²) in [6.07, 6.45) is 5.30. The van der Waals surface area contributed by atoms with E-state index in [-0.39, 0.29) is 0 Å². The molecule has 0 aliphatic heterocycles. The van der Waals surface area contributed by atoms with Gasteiger partial charge in [-0.2, -0.15) is 0 Å². The van der Waals surface area contributed by atoms with Gasteiger partial charge in [-0.1, -0.05) is 58.2 Å². The van der Waals surface area contributed by atoms with Crippen LogP contribution in [0.5, 0.6) is 0 Å². The summed E-state index contributed by atoms with van der Waals surface area (Å²) in [6, 6.07) is 6.92. The van der Waals surface area contributed by atoms with E-state index in [1.54, 1.807) is 0 Å². The Morgan fingerprint density at radius 3 is 2.25 bits per heavy atom. The van der Waals surface area contributed by atoms with Gasteiger partial charge in [0.05, 0.1) is 0 Å². The van der Waals surface area contributed by atoms with Gasteiger partial charge in [-0.25, -0.2) is 0 Å². The van der Waals surface area contributed by atoms with Crippen LogP contribution in [0.25, 0.3) is 0 Å². The molecule has 0 amide bonds. The zero-order chi connectivity index (χ0) is 12.2. The molecule has 16 heavy (non-hydrogen) atoms. The molecule has 0 aliphatic rings. The van der Waals surface area contributed by atoms with E-state index in [9.17, 15) is 0 Å². The molecule has 0 bridgehead atoms. The Kier molecular flexibility index (Phi) is 4.58. The highest BCUT2D eigenvalue weighted by molar-refractivity contribution is 5.33. The van der Waals surface area contributed by atoms with Crippen molar-refractivity contribution in [2.75, 3.05) is 0 Å². The molecule has 1 aromatic rings. The highest BCUT2D eigenvalue weighted by Gasteiger charge is 2.19. The lowest BCUT2D eigenvalue weighted by atomic mass is 9.79. The van der Waals surface area contributed by atoms with Crippen LogP contribution in [0.3, 0.4) is 0 Å². The van der Waals surface area contributed by atoms with E-state index in [2.05, 4.69) is 52.8 Å². The Hall–Kier alpha value is -0.780. The predicted octanol–water partition coefficient (Wildman–Crippen LogP) is 5.16. The van der Waals surface area contributed by atoms with Crippen molar-refractivity contribution in [3.05, 3.63) is 34.9 Å². The Balaban J connectivity index is 2.76. The summed E-state index contributed by atoms with van der Waals surface area (Å²) < 4.78 is 0. The van der Waals surface area contributed by atoms with Gasteiger partial charge in [0.15, 0.2) is 0 Å². The third kappa shape index (κ3) is 3.37. The van der Waals surface area contributed by atoms with E-state index in [0.717, 1.165) is 0 Å². The maximum Gasteiger partial charge on any atom is -0.0103 e. The van der Waals surface area contributed by atoms with Gasteiger partial charge >= 0.3 is 0 Å². The van der Waals surface area contributed by atoms with Gasteiger partial charge in [0.1, 0.15) is 0 Å². The largest absolute Gasteiger partial charge is 0.0654 e. The summed E-state index contributed by atoms with van der Waals surface area (Å²) in [4.78, 5) is 0. The first-order valence-electron chi connectivity index (χ1n) is 6.55. The molecule has 0 aliphatic carbocycles. The number of aryl methyl sites for hydroxylation is 2. The van der Waals surface area contributed by atoms with Crippen molar-refractivity contribution in [2.24, 2.45) is 0 Å². The standard InChI is InChI=1S/C16H26/c1-6-7-8-11-16(4,5)15-10-9-13(2)14(3)12-15/h9-10,12H,6-8,11H2,1-5H3. The third-order valence-electron chi connectivity index (χ3n) is 3.69. The molecular weight excluding hydrogens is 192 g/mol. The average molecular weight is 218 g/mol. The van der Waals surface area contributed by atoms with Crippen molar-refractivity contribution in [1.29, 1.82) is 0 Å². The number of hydrogen-bond donors (Lipinski definition) is 0. The zero-order valence-electron chi connectivity index (χ0n) is 11.6. The molecular formula is C16H26. The summed E-state index contributed by atoms with van der Waals surface area (Å²) in [7, 11) is 0. The highest BCUT2D eigenvalue weighted by atomic mass is 14.2. The van der Waals surface area contributed by atoms with Crippen molar-refractivity contribution >= 4 is 0 Å². The minimum absolute atomic E-state index is 0.327. The van der Waals surface area contributed by atoms with Crippen LogP contribution in [0.4, 0.5) is 0 Å². The lowest BCUT2D eigenvalue weighted by molar-refractivity contribution is 0.450. The average Bonchev–Trinajstić information content (AvgIpc) is 2.22. The molecule has 0 radical (unpaired) electrons. The first-order chi connectivity index (χ1) is 7.47. The van der Waals surface area contributed by atoms with Crippen molar-refractivity contribution < 1.29 is 0 Å². The maximum absolute atomic E-state index is 2.37. The molecule has 1 rings (SSSR count). The van der Waals surface area contributed by atoms with Crippen LogP contribution >= 0.6 is 0 Å². The summed E-state index contributed by atoms with van der Waals surface area (Å²) in [5.41, 5.74) is 4.63. The molecule has 0 heteroatoms. The normalized spacial score (nSPS) is 11.8. The van der Waals surface area contributed by atoms with E-state index in [1.165, 1.54) is 42.4 Å². The molecule has 0 nitrogen and oxygen atoms in total. The summed E-state index contributed by atoms with van der Waals surface area (Å²) in [5, 5.41) is 0. The fourth-order valence-electron chi connectivity index (χ4n) is 2.12. The molecule has 0 heterocycles. The van der Waals surface area contributed by atoms with Crippen LogP contribution in [-0.2, 0) is 5.41 Å². The molecule has 0 fully saturated rings. The highest BCUT2D eigenvalue weighted by Crippen LogP contribution is 2.30. The van der Waals surface area contributed by atoms with Gasteiger partial charge < -0.3 is 0 Å². The topological polar surface area (TPSA) is 0 Å². The van der Waals surface area contributed by atoms with Gasteiger partial charge in [-0.05, 0) is 42.4 Å². The smallest absolute Gasteiger partial charge is 0.0103 e. The van der Waals surface area contributed by atoms with Gasteiger partial charge in [0.25, 0.3) is 0 Å². The van der Waals surface area contributed by atoms with Crippen molar-refractivity contribution in [3.63, 3.8) is 0 Å². The molecule has 0 saturated carbocycles. The van der Waals surface area contributed by atoms with E-state index >= 15 is 0 Å². The zero-order valence-corrected chi connectivity index (χ0v) is 11.6. The Morgan fingerprint density at radius 2 is 1.69 bits per heavy atom. The van der Waals surface area contributed by atoms with Gasteiger partial charge in [-0.3, -0.25) is 0 Å². The monoisotopic (exact) mass is 218 g/mol. The van der Waals surface area contributed by atoms with Crippen molar-refractivity contribution in [2.45, 2.75) is 65.7 Å². The number of rotatable bonds is 5. The molecule has 0 unspecified atom stereocenters. The van der Waals surface area contributed by atoms with Crippen molar-refractivity contribution in [3.8, 4) is 0 Å². The quantitative estimate of drug-likeness (QED) is 0.599. The van der Waals surface area contributed by atoms with E-state index in [1.807, 2.05) is 0 Å². The molecule has 90 valence electrons. The van der Waals surface area contributed by atoms with Crippen molar-refractivity contribution in [1.82, 2.24) is 0 Å². The fourth-order valence-corrected chi connectivity index (χ4v) is 2.12. The lowest BCUT2D eigenvalue weighted by Gasteiger charge is -2.26. The van der Waals surface area contributed by atoms with Crippen LogP contribution in [0, 0.1) is 13.8 Å². The molecule has 0 aromatic heterocycles.